The van der Waals surface area contributed by atoms with E-state index in [1.807, 2.05) is 0 Å². The van der Waals surface area contributed by atoms with Gasteiger partial charge in [-0.25, -0.2) is 0 Å². The molecular formula is C13H25NO3. The van der Waals surface area contributed by atoms with Crippen molar-refractivity contribution >= 4 is 5.97 Å². The van der Waals surface area contributed by atoms with Gasteiger partial charge in [-0.2, -0.15) is 0 Å². The molecule has 1 fully saturated rings. The molecule has 4 nitrogen and oxygen atoms in total. The molecule has 0 bridgehead atoms. The maximum Gasteiger partial charge on any atom is 0.323 e. The number of hydrogen-bond donors (Lipinski definition) is 1. The van der Waals surface area contributed by atoms with Crippen molar-refractivity contribution in [1.82, 2.24) is 0 Å². The number of rotatable bonds is 5. The summed E-state index contributed by atoms with van der Waals surface area (Å²) in [5.74, 6) is 0.979. The molecule has 3 atom stereocenters. The quantitative estimate of drug-likeness (QED) is 0.747. The predicted octanol–water partition coefficient (Wildman–Crippen LogP) is 1.72. The monoisotopic (exact) mass is 243 g/mol. The third-order valence-electron chi connectivity index (χ3n) is 3.35. The largest absolute Gasteiger partial charge is 0.461 e. The molecule has 4 heteroatoms. The molecule has 1 aliphatic carbocycles. The highest BCUT2D eigenvalue weighted by Crippen LogP contribution is 2.30. The van der Waals surface area contributed by atoms with Crippen LogP contribution in [0.3, 0.4) is 0 Å². The molecule has 0 aliphatic heterocycles. The first-order chi connectivity index (χ1) is 8.02. The van der Waals surface area contributed by atoms with Crippen LogP contribution in [-0.4, -0.2) is 31.8 Å². The van der Waals surface area contributed by atoms with Crippen LogP contribution in [0.4, 0.5) is 0 Å². The molecule has 0 spiro atoms. The van der Waals surface area contributed by atoms with Crippen molar-refractivity contribution in [3.63, 3.8) is 0 Å². The molecule has 0 aromatic heterocycles. The zero-order valence-corrected chi connectivity index (χ0v) is 11.1. The zero-order valence-electron chi connectivity index (χ0n) is 11.1. The third kappa shape index (κ3) is 5.04. The van der Waals surface area contributed by atoms with Crippen molar-refractivity contribution in [3.8, 4) is 0 Å². The van der Waals surface area contributed by atoms with Gasteiger partial charge in [-0.3, -0.25) is 4.79 Å². The van der Waals surface area contributed by atoms with Crippen LogP contribution in [0.2, 0.25) is 0 Å². The SMILES string of the molecule is COCCC(N)C(=O)OC1CC(C)CC(C)C1. The zero-order chi connectivity index (χ0) is 12.8. The van der Waals surface area contributed by atoms with E-state index in [9.17, 15) is 4.79 Å². The molecule has 100 valence electrons. The molecule has 1 saturated carbocycles. The molecular weight excluding hydrogens is 218 g/mol. The van der Waals surface area contributed by atoms with E-state index in [-0.39, 0.29) is 12.1 Å². The van der Waals surface area contributed by atoms with Crippen LogP contribution >= 0.6 is 0 Å². The van der Waals surface area contributed by atoms with Gasteiger partial charge in [-0.05, 0) is 37.5 Å². The van der Waals surface area contributed by atoms with Crippen molar-refractivity contribution in [1.29, 1.82) is 0 Å². The lowest BCUT2D eigenvalue weighted by Gasteiger charge is -2.31. The van der Waals surface area contributed by atoms with Crippen molar-refractivity contribution in [2.24, 2.45) is 17.6 Å². The lowest BCUT2D eigenvalue weighted by atomic mass is 9.82. The van der Waals surface area contributed by atoms with E-state index >= 15 is 0 Å². The minimum absolute atomic E-state index is 0.0508. The number of methoxy groups -OCH3 is 1. The molecule has 2 N–H and O–H groups in total. The average molecular weight is 243 g/mol. The number of carbonyl (C=O) groups excluding carboxylic acids is 1. The van der Waals surface area contributed by atoms with Crippen molar-refractivity contribution in [2.45, 2.75) is 51.7 Å². The Bertz CT molecular complexity index is 235. The van der Waals surface area contributed by atoms with Gasteiger partial charge in [-0.15, -0.1) is 0 Å². The Kier molecular flexibility index (Phi) is 5.92. The van der Waals surface area contributed by atoms with E-state index in [4.69, 9.17) is 15.2 Å². The Labute approximate surface area is 104 Å². The van der Waals surface area contributed by atoms with Crippen molar-refractivity contribution < 1.29 is 14.3 Å². The number of nitrogens with two attached hydrogens (primary N) is 1. The van der Waals surface area contributed by atoms with E-state index in [1.165, 1.54) is 6.42 Å². The minimum Gasteiger partial charge on any atom is -0.461 e. The molecule has 17 heavy (non-hydrogen) atoms. The van der Waals surface area contributed by atoms with Crippen LogP contribution in [0, 0.1) is 11.8 Å². The average Bonchev–Trinajstić information content (AvgIpc) is 2.24. The smallest absolute Gasteiger partial charge is 0.323 e. The van der Waals surface area contributed by atoms with Gasteiger partial charge in [0.25, 0.3) is 0 Å². The van der Waals surface area contributed by atoms with E-state index < -0.39 is 6.04 Å². The van der Waals surface area contributed by atoms with E-state index in [0.717, 1.165) is 12.8 Å². The molecule has 3 unspecified atom stereocenters. The van der Waals surface area contributed by atoms with Gasteiger partial charge < -0.3 is 15.2 Å². The molecule has 0 saturated heterocycles. The second kappa shape index (κ2) is 6.97. The number of esters is 1. The normalized spacial score (nSPS) is 30.9. The molecule has 1 rings (SSSR count). The second-order valence-electron chi connectivity index (χ2n) is 5.36. The fourth-order valence-electron chi connectivity index (χ4n) is 2.58. The lowest BCUT2D eigenvalue weighted by Crippen LogP contribution is -2.38. The second-order valence-corrected chi connectivity index (χ2v) is 5.36. The van der Waals surface area contributed by atoms with Gasteiger partial charge in [-0.1, -0.05) is 13.8 Å². The fraction of sp³-hybridized carbons (Fsp3) is 0.923. The van der Waals surface area contributed by atoms with Gasteiger partial charge in [0.1, 0.15) is 12.1 Å². The van der Waals surface area contributed by atoms with Crippen molar-refractivity contribution in [2.75, 3.05) is 13.7 Å². The molecule has 0 amide bonds. The highest BCUT2D eigenvalue weighted by Gasteiger charge is 2.28. The predicted molar refractivity (Wildman–Crippen MR) is 66.5 cm³/mol. The summed E-state index contributed by atoms with van der Waals surface area (Å²) in [7, 11) is 1.60. The first-order valence-electron chi connectivity index (χ1n) is 6.48. The summed E-state index contributed by atoms with van der Waals surface area (Å²) in [5, 5.41) is 0. The molecule has 0 aromatic rings. The van der Waals surface area contributed by atoms with Crippen LogP contribution in [0.15, 0.2) is 0 Å². The first-order valence-corrected chi connectivity index (χ1v) is 6.48. The maximum atomic E-state index is 11.7. The number of carbonyl (C=O) groups is 1. The van der Waals surface area contributed by atoms with Crippen LogP contribution in [0.25, 0.3) is 0 Å². The summed E-state index contributed by atoms with van der Waals surface area (Å²) < 4.78 is 10.4. The summed E-state index contributed by atoms with van der Waals surface area (Å²) in [6.45, 7) is 4.91. The van der Waals surface area contributed by atoms with Crippen molar-refractivity contribution in [3.05, 3.63) is 0 Å². The Morgan fingerprint density at radius 3 is 2.41 bits per heavy atom. The number of ether oxygens (including phenoxy) is 2. The summed E-state index contributed by atoms with van der Waals surface area (Å²) in [6.07, 6.45) is 3.73. The topological polar surface area (TPSA) is 61.5 Å². The summed E-state index contributed by atoms with van der Waals surface area (Å²) in [6, 6.07) is -0.553. The Balaban J connectivity index is 2.34. The highest BCUT2D eigenvalue weighted by atomic mass is 16.5. The Morgan fingerprint density at radius 2 is 1.88 bits per heavy atom. The molecule has 0 aromatic carbocycles. The molecule has 0 heterocycles. The summed E-state index contributed by atoms with van der Waals surface area (Å²) >= 11 is 0. The molecule has 1 aliphatic rings. The van der Waals surface area contributed by atoms with Crippen LogP contribution in [0.1, 0.15) is 39.5 Å². The Morgan fingerprint density at radius 1 is 1.29 bits per heavy atom. The summed E-state index contributed by atoms with van der Waals surface area (Å²) in [5.41, 5.74) is 5.74. The van der Waals surface area contributed by atoms with Crippen LogP contribution in [-0.2, 0) is 14.3 Å². The highest BCUT2D eigenvalue weighted by molar-refractivity contribution is 5.75. The standard InChI is InChI=1S/C13H25NO3/c1-9-6-10(2)8-11(7-9)17-13(15)12(14)4-5-16-3/h9-12H,4-8,14H2,1-3H3. The third-order valence-corrected chi connectivity index (χ3v) is 3.35. The fourth-order valence-corrected chi connectivity index (χ4v) is 2.58. The number of hydrogen-bond acceptors (Lipinski definition) is 4. The van der Waals surface area contributed by atoms with E-state index in [2.05, 4.69) is 13.8 Å². The molecule has 0 radical (unpaired) electrons. The van der Waals surface area contributed by atoms with Crippen LogP contribution in [0.5, 0.6) is 0 Å². The van der Waals surface area contributed by atoms with Gasteiger partial charge in [0, 0.05) is 13.7 Å². The van der Waals surface area contributed by atoms with E-state index in [1.54, 1.807) is 7.11 Å². The lowest BCUT2D eigenvalue weighted by molar-refractivity contribution is -0.154. The van der Waals surface area contributed by atoms with Crippen LogP contribution < -0.4 is 5.73 Å². The van der Waals surface area contributed by atoms with Gasteiger partial charge in [0.2, 0.25) is 0 Å². The van der Waals surface area contributed by atoms with Gasteiger partial charge in [0.05, 0.1) is 0 Å². The Hall–Kier alpha value is -0.610. The maximum absolute atomic E-state index is 11.7. The van der Waals surface area contributed by atoms with Gasteiger partial charge >= 0.3 is 5.97 Å². The summed E-state index contributed by atoms with van der Waals surface area (Å²) in [4.78, 5) is 11.7. The minimum atomic E-state index is -0.553. The van der Waals surface area contributed by atoms with E-state index in [0.29, 0.717) is 24.9 Å². The first kappa shape index (κ1) is 14.5. The van der Waals surface area contributed by atoms with Gasteiger partial charge in [0.15, 0.2) is 0 Å².